The van der Waals surface area contributed by atoms with E-state index in [2.05, 4.69) is 5.32 Å². The van der Waals surface area contributed by atoms with Crippen LogP contribution in [0.4, 0.5) is 10.1 Å². The Morgan fingerprint density at radius 2 is 1.89 bits per heavy atom. The number of ether oxygens (including phenoxy) is 1. The van der Waals surface area contributed by atoms with Gasteiger partial charge in [0, 0.05) is 12.8 Å². The van der Waals surface area contributed by atoms with E-state index in [4.69, 9.17) is 4.74 Å². The summed E-state index contributed by atoms with van der Waals surface area (Å²) in [5.74, 6) is -0.246. The first kappa shape index (κ1) is 12.6. The van der Waals surface area contributed by atoms with Crippen LogP contribution in [0.5, 0.6) is 0 Å². The molecule has 2 aromatic rings. The number of rotatable bonds is 5. The van der Waals surface area contributed by atoms with Gasteiger partial charge in [0.1, 0.15) is 5.82 Å². The minimum atomic E-state index is -0.246. The highest BCUT2D eigenvalue weighted by Gasteiger charge is 2.10. The molecule has 0 spiro atoms. The van der Waals surface area contributed by atoms with Gasteiger partial charge in [-0.25, -0.2) is 4.39 Å². The van der Waals surface area contributed by atoms with Crippen LogP contribution in [0.15, 0.2) is 54.6 Å². The zero-order valence-electron chi connectivity index (χ0n) is 10.3. The largest absolute Gasteiger partial charge is 0.382 e. The van der Waals surface area contributed by atoms with Crippen LogP contribution in [-0.4, -0.2) is 13.7 Å². The molecule has 0 heterocycles. The van der Waals surface area contributed by atoms with Crippen LogP contribution >= 0.6 is 0 Å². The zero-order chi connectivity index (χ0) is 12.8. The number of hydrogen-bond donors (Lipinski definition) is 1. The van der Waals surface area contributed by atoms with Crippen LogP contribution in [0.1, 0.15) is 11.6 Å². The van der Waals surface area contributed by atoms with Gasteiger partial charge in [0.05, 0.1) is 12.6 Å². The Hall–Kier alpha value is -1.87. The van der Waals surface area contributed by atoms with Crippen LogP contribution in [0.2, 0.25) is 0 Å². The summed E-state index contributed by atoms with van der Waals surface area (Å²) in [7, 11) is 1.66. The molecule has 0 bridgehead atoms. The van der Waals surface area contributed by atoms with Gasteiger partial charge in [-0.2, -0.15) is 0 Å². The topological polar surface area (TPSA) is 21.3 Å². The number of anilines is 1. The molecule has 0 radical (unpaired) electrons. The Morgan fingerprint density at radius 1 is 1.11 bits per heavy atom. The maximum absolute atomic E-state index is 13.1. The van der Waals surface area contributed by atoms with Crippen molar-refractivity contribution in [3.63, 3.8) is 0 Å². The second-order valence-electron chi connectivity index (χ2n) is 4.07. The van der Waals surface area contributed by atoms with E-state index in [-0.39, 0.29) is 11.9 Å². The Balaban J connectivity index is 2.16. The van der Waals surface area contributed by atoms with E-state index in [9.17, 15) is 4.39 Å². The third kappa shape index (κ3) is 3.31. The molecule has 2 rings (SSSR count). The molecule has 1 unspecified atom stereocenters. The molecule has 2 nitrogen and oxygen atoms in total. The smallest absolute Gasteiger partial charge is 0.125 e. The Kier molecular flexibility index (Phi) is 4.31. The van der Waals surface area contributed by atoms with Crippen LogP contribution in [0, 0.1) is 5.82 Å². The fourth-order valence-corrected chi connectivity index (χ4v) is 1.85. The van der Waals surface area contributed by atoms with Crippen LogP contribution < -0.4 is 5.32 Å². The lowest BCUT2D eigenvalue weighted by Crippen LogP contribution is -2.16. The lowest BCUT2D eigenvalue weighted by atomic mass is 10.1. The molecule has 2 aromatic carbocycles. The van der Waals surface area contributed by atoms with E-state index < -0.39 is 0 Å². The van der Waals surface area contributed by atoms with Crippen LogP contribution in [0.25, 0.3) is 0 Å². The van der Waals surface area contributed by atoms with Crippen LogP contribution in [-0.2, 0) is 4.74 Å². The molecule has 0 saturated carbocycles. The normalized spacial score (nSPS) is 12.1. The van der Waals surface area contributed by atoms with Crippen LogP contribution in [0.3, 0.4) is 0 Å². The first-order chi connectivity index (χ1) is 8.79. The Bertz CT molecular complexity index is 487. The minimum absolute atomic E-state index is 0.0120. The van der Waals surface area contributed by atoms with E-state index >= 15 is 0 Å². The van der Waals surface area contributed by atoms with E-state index in [1.807, 2.05) is 36.4 Å². The van der Waals surface area contributed by atoms with Crippen molar-refractivity contribution in [2.75, 3.05) is 19.0 Å². The Morgan fingerprint density at radius 3 is 2.56 bits per heavy atom. The summed E-state index contributed by atoms with van der Waals surface area (Å²) in [5, 5.41) is 3.27. The van der Waals surface area contributed by atoms with Gasteiger partial charge in [-0.15, -0.1) is 0 Å². The summed E-state index contributed by atoms with van der Waals surface area (Å²) >= 11 is 0. The number of benzene rings is 2. The van der Waals surface area contributed by atoms with Gasteiger partial charge in [0.2, 0.25) is 0 Å². The van der Waals surface area contributed by atoms with Gasteiger partial charge < -0.3 is 10.1 Å². The highest BCUT2D eigenvalue weighted by molar-refractivity contribution is 5.45. The second-order valence-corrected chi connectivity index (χ2v) is 4.07. The summed E-state index contributed by atoms with van der Waals surface area (Å²) < 4.78 is 18.3. The predicted molar refractivity (Wildman–Crippen MR) is 71.1 cm³/mol. The monoisotopic (exact) mass is 245 g/mol. The van der Waals surface area contributed by atoms with Crippen molar-refractivity contribution >= 4 is 5.69 Å². The standard InChI is InChI=1S/C15H16FNO/c1-18-11-15(12-6-3-2-4-7-12)17-14-9-5-8-13(16)10-14/h2-10,15,17H,11H2,1H3. The van der Waals surface area contributed by atoms with Crippen molar-refractivity contribution in [3.8, 4) is 0 Å². The summed E-state index contributed by atoms with van der Waals surface area (Å²) in [4.78, 5) is 0. The van der Waals surface area contributed by atoms with Gasteiger partial charge in [0.25, 0.3) is 0 Å². The molecule has 0 aliphatic carbocycles. The molecule has 18 heavy (non-hydrogen) atoms. The molecule has 0 aliphatic heterocycles. The van der Waals surface area contributed by atoms with Gasteiger partial charge in [0.15, 0.2) is 0 Å². The predicted octanol–water partition coefficient (Wildman–Crippen LogP) is 3.63. The fourth-order valence-electron chi connectivity index (χ4n) is 1.85. The number of methoxy groups -OCH3 is 1. The van der Waals surface area contributed by atoms with Crippen molar-refractivity contribution in [1.82, 2.24) is 0 Å². The van der Waals surface area contributed by atoms with Gasteiger partial charge >= 0.3 is 0 Å². The van der Waals surface area contributed by atoms with Gasteiger partial charge in [-0.05, 0) is 23.8 Å². The maximum atomic E-state index is 13.1. The first-order valence-electron chi connectivity index (χ1n) is 5.85. The Labute approximate surface area is 106 Å². The molecular weight excluding hydrogens is 229 g/mol. The summed E-state index contributed by atoms with van der Waals surface area (Å²) in [6, 6.07) is 16.4. The lowest BCUT2D eigenvalue weighted by molar-refractivity contribution is 0.186. The van der Waals surface area contributed by atoms with Gasteiger partial charge in [-0.3, -0.25) is 0 Å². The van der Waals surface area contributed by atoms with E-state index in [0.29, 0.717) is 6.61 Å². The summed E-state index contributed by atoms with van der Waals surface area (Å²) in [6.07, 6.45) is 0. The number of hydrogen-bond acceptors (Lipinski definition) is 2. The molecule has 0 aromatic heterocycles. The molecule has 1 N–H and O–H groups in total. The lowest BCUT2D eigenvalue weighted by Gasteiger charge is -2.19. The molecule has 0 fully saturated rings. The molecule has 0 amide bonds. The van der Waals surface area contributed by atoms with Crippen molar-refractivity contribution in [2.24, 2.45) is 0 Å². The highest BCUT2D eigenvalue weighted by Crippen LogP contribution is 2.20. The van der Waals surface area contributed by atoms with E-state index in [0.717, 1.165) is 11.3 Å². The highest BCUT2D eigenvalue weighted by atomic mass is 19.1. The van der Waals surface area contributed by atoms with Crippen molar-refractivity contribution < 1.29 is 9.13 Å². The third-order valence-corrected chi connectivity index (χ3v) is 2.70. The maximum Gasteiger partial charge on any atom is 0.125 e. The minimum Gasteiger partial charge on any atom is -0.382 e. The fraction of sp³-hybridized carbons (Fsp3) is 0.200. The number of nitrogens with one attached hydrogen (secondary N) is 1. The first-order valence-corrected chi connectivity index (χ1v) is 5.85. The molecule has 0 saturated heterocycles. The molecule has 3 heteroatoms. The average Bonchev–Trinajstić information content (AvgIpc) is 2.39. The van der Waals surface area contributed by atoms with Crippen molar-refractivity contribution in [2.45, 2.75) is 6.04 Å². The summed E-state index contributed by atoms with van der Waals surface area (Å²) in [6.45, 7) is 0.528. The zero-order valence-corrected chi connectivity index (χ0v) is 10.3. The second kappa shape index (κ2) is 6.17. The molecular formula is C15H16FNO. The quantitative estimate of drug-likeness (QED) is 0.868. The van der Waals surface area contributed by atoms with Gasteiger partial charge in [-0.1, -0.05) is 36.4 Å². The molecule has 0 aliphatic rings. The van der Waals surface area contributed by atoms with Crippen molar-refractivity contribution in [1.29, 1.82) is 0 Å². The SMILES string of the molecule is COCC(Nc1cccc(F)c1)c1ccccc1. The number of halogens is 1. The van der Waals surface area contributed by atoms with E-state index in [1.54, 1.807) is 13.2 Å². The average molecular weight is 245 g/mol. The third-order valence-electron chi connectivity index (χ3n) is 2.70. The molecule has 94 valence electrons. The molecule has 1 atom stereocenters. The van der Waals surface area contributed by atoms with E-state index in [1.165, 1.54) is 12.1 Å². The summed E-state index contributed by atoms with van der Waals surface area (Å²) in [5.41, 5.74) is 1.87. The van der Waals surface area contributed by atoms with Crippen molar-refractivity contribution in [3.05, 3.63) is 66.0 Å².